The maximum atomic E-state index is 12.2. The molecule has 8 nitrogen and oxygen atoms in total. The van der Waals surface area contributed by atoms with Crippen LogP contribution < -0.4 is 15.8 Å². The number of amidine groups is 2. The molecule has 1 aromatic heterocycles. The summed E-state index contributed by atoms with van der Waals surface area (Å²) < 4.78 is 5.22. The van der Waals surface area contributed by atoms with Gasteiger partial charge in [0.05, 0.1) is 25.7 Å². The molecule has 3 aromatic rings. The van der Waals surface area contributed by atoms with E-state index in [1.54, 1.807) is 25.9 Å². The fraction of sp³-hybridized carbons (Fsp3) is 0.320. The first-order chi connectivity index (χ1) is 15.7. The third-order valence-corrected chi connectivity index (χ3v) is 5.46. The maximum Gasteiger partial charge on any atom is 0.239 e. The van der Waals surface area contributed by atoms with Crippen LogP contribution in [0.2, 0.25) is 0 Å². The minimum Gasteiger partial charge on any atom is -0.497 e. The SMILES string of the molecule is COc1ccc(CN(C(=N)CCc2c[nH]c3ccccc23)C(=N)CNC(=O)C(C)(C)N)cc1. The van der Waals surface area contributed by atoms with Gasteiger partial charge in [0, 0.05) is 23.5 Å². The molecule has 0 unspecified atom stereocenters. The number of nitrogens with one attached hydrogen (secondary N) is 4. The molecule has 3 rings (SSSR count). The molecule has 0 saturated carbocycles. The smallest absolute Gasteiger partial charge is 0.239 e. The van der Waals surface area contributed by atoms with E-state index in [9.17, 15) is 4.79 Å². The molecule has 1 heterocycles. The van der Waals surface area contributed by atoms with Crippen LogP contribution in [0.3, 0.4) is 0 Å². The number of nitrogens with two attached hydrogens (primary N) is 1. The second-order valence-corrected chi connectivity index (χ2v) is 8.59. The van der Waals surface area contributed by atoms with E-state index in [0.29, 0.717) is 25.2 Å². The summed E-state index contributed by atoms with van der Waals surface area (Å²) in [4.78, 5) is 17.1. The summed E-state index contributed by atoms with van der Waals surface area (Å²) in [6.07, 6.45) is 3.09. The zero-order chi connectivity index (χ0) is 24.0. The molecule has 33 heavy (non-hydrogen) atoms. The Bertz CT molecular complexity index is 1130. The molecular weight excluding hydrogens is 416 g/mol. The van der Waals surface area contributed by atoms with Crippen molar-refractivity contribution in [3.63, 3.8) is 0 Å². The second-order valence-electron chi connectivity index (χ2n) is 8.59. The molecule has 0 aliphatic carbocycles. The largest absolute Gasteiger partial charge is 0.497 e. The highest BCUT2D eigenvalue weighted by Gasteiger charge is 2.23. The molecule has 0 saturated heterocycles. The van der Waals surface area contributed by atoms with Crippen molar-refractivity contribution in [2.45, 2.75) is 38.8 Å². The highest BCUT2D eigenvalue weighted by atomic mass is 16.5. The highest BCUT2D eigenvalue weighted by Crippen LogP contribution is 2.20. The summed E-state index contributed by atoms with van der Waals surface area (Å²) in [5.41, 5.74) is 7.93. The zero-order valence-corrected chi connectivity index (χ0v) is 19.4. The summed E-state index contributed by atoms with van der Waals surface area (Å²) in [7, 11) is 1.61. The minimum atomic E-state index is -1.04. The van der Waals surface area contributed by atoms with Gasteiger partial charge in [0.1, 0.15) is 17.4 Å². The van der Waals surface area contributed by atoms with Gasteiger partial charge in [-0.25, -0.2) is 0 Å². The van der Waals surface area contributed by atoms with Crippen LogP contribution in [0, 0.1) is 10.8 Å². The van der Waals surface area contributed by atoms with Gasteiger partial charge in [-0.3, -0.25) is 15.6 Å². The number of hydrogen-bond acceptors (Lipinski definition) is 5. The van der Waals surface area contributed by atoms with E-state index in [-0.39, 0.29) is 18.3 Å². The van der Waals surface area contributed by atoms with E-state index in [4.69, 9.17) is 21.3 Å². The first-order valence-electron chi connectivity index (χ1n) is 10.9. The maximum absolute atomic E-state index is 12.2. The Morgan fingerprint density at radius 3 is 2.48 bits per heavy atom. The molecule has 2 aromatic carbocycles. The number of para-hydroxylation sites is 1. The summed E-state index contributed by atoms with van der Waals surface area (Å²) in [6.45, 7) is 3.57. The molecule has 0 fully saturated rings. The van der Waals surface area contributed by atoms with Crippen LogP contribution in [0.1, 0.15) is 31.4 Å². The van der Waals surface area contributed by atoms with Crippen LogP contribution in [0.25, 0.3) is 10.9 Å². The number of aryl methyl sites for hydroxylation is 1. The standard InChI is InChI=1S/C25H32N6O2/c1-25(2,28)24(32)30-15-23(27)31(16-17-8-11-19(33-3)12-9-17)22(26)13-10-18-14-29-21-7-5-4-6-20(18)21/h4-9,11-12,14,26-27,29H,10,13,15-16,28H2,1-3H3,(H,30,32). The number of nitrogens with zero attached hydrogens (tertiary/aromatic N) is 1. The monoisotopic (exact) mass is 448 g/mol. The number of benzene rings is 2. The minimum absolute atomic E-state index is 0.00885. The van der Waals surface area contributed by atoms with Crippen LogP contribution in [0.5, 0.6) is 5.75 Å². The van der Waals surface area contributed by atoms with Gasteiger partial charge < -0.3 is 25.7 Å². The number of hydrogen-bond donors (Lipinski definition) is 5. The molecule has 1 amide bonds. The topological polar surface area (TPSA) is 131 Å². The van der Waals surface area contributed by atoms with Crippen molar-refractivity contribution in [3.8, 4) is 5.75 Å². The van der Waals surface area contributed by atoms with Gasteiger partial charge in [0.2, 0.25) is 5.91 Å². The van der Waals surface area contributed by atoms with Crippen molar-refractivity contribution >= 4 is 28.5 Å². The molecule has 0 atom stereocenters. The van der Waals surface area contributed by atoms with E-state index in [2.05, 4.69) is 16.4 Å². The highest BCUT2D eigenvalue weighted by molar-refractivity contribution is 6.00. The number of aromatic nitrogens is 1. The molecule has 0 radical (unpaired) electrons. The Kier molecular flexibility index (Phi) is 7.50. The van der Waals surface area contributed by atoms with Gasteiger partial charge in [0.25, 0.3) is 0 Å². The van der Waals surface area contributed by atoms with Gasteiger partial charge in [0.15, 0.2) is 0 Å². The number of H-pyrrole nitrogens is 1. The lowest BCUT2D eigenvalue weighted by atomic mass is 10.1. The molecule has 0 aliphatic rings. The quantitative estimate of drug-likeness (QED) is 0.253. The van der Waals surface area contributed by atoms with Crippen LogP contribution in [-0.2, 0) is 17.8 Å². The van der Waals surface area contributed by atoms with Gasteiger partial charge >= 0.3 is 0 Å². The lowest BCUT2D eigenvalue weighted by Crippen LogP contribution is -2.52. The average molecular weight is 449 g/mol. The number of amides is 1. The molecule has 174 valence electrons. The second kappa shape index (κ2) is 10.3. The van der Waals surface area contributed by atoms with Crippen molar-refractivity contribution in [3.05, 3.63) is 65.9 Å². The van der Waals surface area contributed by atoms with Crippen molar-refractivity contribution in [1.29, 1.82) is 10.8 Å². The molecule has 0 bridgehead atoms. The Morgan fingerprint density at radius 1 is 1.12 bits per heavy atom. The third-order valence-electron chi connectivity index (χ3n) is 5.46. The van der Waals surface area contributed by atoms with Crippen molar-refractivity contribution in [2.75, 3.05) is 13.7 Å². The summed E-state index contributed by atoms with van der Waals surface area (Å²) in [5, 5.41) is 21.2. The number of methoxy groups -OCH3 is 1. The van der Waals surface area contributed by atoms with E-state index < -0.39 is 5.54 Å². The molecular formula is C25H32N6O2. The summed E-state index contributed by atoms with van der Waals surface area (Å²) in [6, 6.07) is 15.6. The van der Waals surface area contributed by atoms with E-state index in [1.807, 2.05) is 48.7 Å². The van der Waals surface area contributed by atoms with Gasteiger partial charge in [-0.1, -0.05) is 30.3 Å². The Labute approximate surface area is 194 Å². The van der Waals surface area contributed by atoms with E-state index >= 15 is 0 Å². The first kappa shape index (κ1) is 24.0. The Balaban J connectivity index is 1.73. The number of carbonyl (C=O) groups excluding carboxylic acids is 1. The fourth-order valence-corrected chi connectivity index (χ4v) is 3.48. The van der Waals surface area contributed by atoms with Crippen molar-refractivity contribution < 1.29 is 9.53 Å². The van der Waals surface area contributed by atoms with Gasteiger partial charge in [-0.2, -0.15) is 0 Å². The summed E-state index contributed by atoms with van der Waals surface area (Å²) >= 11 is 0. The lowest BCUT2D eigenvalue weighted by Gasteiger charge is -2.27. The zero-order valence-electron chi connectivity index (χ0n) is 19.4. The number of ether oxygens (including phenoxy) is 1. The number of aromatic amines is 1. The van der Waals surface area contributed by atoms with E-state index in [1.165, 1.54) is 0 Å². The Morgan fingerprint density at radius 2 is 1.82 bits per heavy atom. The number of fused-ring (bicyclic) bond motifs is 1. The molecule has 6 N–H and O–H groups in total. The number of carbonyl (C=O) groups is 1. The normalized spacial score (nSPS) is 11.3. The first-order valence-corrected chi connectivity index (χ1v) is 10.9. The fourth-order valence-electron chi connectivity index (χ4n) is 3.48. The van der Waals surface area contributed by atoms with E-state index in [0.717, 1.165) is 27.8 Å². The van der Waals surface area contributed by atoms with Crippen LogP contribution >= 0.6 is 0 Å². The van der Waals surface area contributed by atoms with Crippen LogP contribution in [0.15, 0.2) is 54.7 Å². The molecule has 0 aliphatic heterocycles. The van der Waals surface area contributed by atoms with Crippen molar-refractivity contribution in [1.82, 2.24) is 15.2 Å². The van der Waals surface area contributed by atoms with Gasteiger partial charge in [-0.15, -0.1) is 0 Å². The number of rotatable bonds is 9. The van der Waals surface area contributed by atoms with Crippen LogP contribution in [-0.4, -0.2) is 46.7 Å². The van der Waals surface area contributed by atoms with Crippen LogP contribution in [0.4, 0.5) is 0 Å². The summed E-state index contributed by atoms with van der Waals surface area (Å²) in [5.74, 6) is 0.837. The molecule has 0 spiro atoms. The van der Waals surface area contributed by atoms with Crippen molar-refractivity contribution in [2.24, 2.45) is 5.73 Å². The predicted octanol–water partition coefficient (Wildman–Crippen LogP) is 3.42. The molecule has 8 heteroatoms. The predicted molar refractivity (Wildman–Crippen MR) is 132 cm³/mol. The van der Waals surface area contributed by atoms with Gasteiger partial charge in [-0.05, 0) is 49.6 Å². The third kappa shape index (κ3) is 6.20. The average Bonchev–Trinajstić information content (AvgIpc) is 3.22. The lowest BCUT2D eigenvalue weighted by molar-refractivity contribution is -0.124. The Hall–Kier alpha value is -3.65.